The van der Waals surface area contributed by atoms with Gasteiger partial charge in [-0.05, 0) is 77.0 Å². The van der Waals surface area contributed by atoms with Crippen LogP contribution in [-0.4, -0.2) is 34.9 Å². The van der Waals surface area contributed by atoms with Crippen LogP contribution in [0.3, 0.4) is 0 Å². The molecule has 0 heterocycles. The molecule has 0 saturated carbocycles. The second-order valence-corrected chi connectivity index (χ2v) is 25.7. The Morgan fingerprint density at radius 3 is 0.833 bits per heavy atom. The van der Waals surface area contributed by atoms with Gasteiger partial charge in [-0.15, -0.1) is 0 Å². The smallest absolute Gasteiger partial charge is 0.220 e. The summed E-state index contributed by atoms with van der Waals surface area (Å²) >= 11 is 0. The third-order valence-corrected chi connectivity index (χ3v) is 17.4. The maximum absolute atomic E-state index is 12.6. The molecule has 0 spiro atoms. The molecule has 490 valence electrons. The number of unbranched alkanes of at least 4 members (excludes halogenated alkanes) is 51. The monoisotopic (exact) mass is 1170 g/mol. The summed E-state index contributed by atoms with van der Waals surface area (Å²) in [6, 6.07) is -0.642. The highest BCUT2D eigenvalue weighted by Crippen LogP contribution is 2.19. The summed E-state index contributed by atoms with van der Waals surface area (Å²) < 4.78 is 0. The van der Waals surface area contributed by atoms with Gasteiger partial charge in [0.25, 0.3) is 0 Å². The lowest BCUT2D eigenvalue weighted by Gasteiger charge is -2.19. The molecule has 2 unspecified atom stereocenters. The molecule has 0 aromatic heterocycles. The second-order valence-electron chi connectivity index (χ2n) is 25.7. The van der Waals surface area contributed by atoms with Crippen molar-refractivity contribution in [1.29, 1.82) is 0 Å². The highest BCUT2D eigenvalue weighted by atomic mass is 16.3. The fraction of sp³-hybridized carbons (Fsp3) is 0.812. The standard InChI is InChI=1S/C80H147NO3/c1-3-5-7-9-11-13-15-17-19-21-23-25-27-29-31-33-35-36-37-38-39-40-41-42-43-44-46-48-50-52-54-56-58-60-62-64-66-68-70-72-74-76-80(84)81-78(77-82)79(83)75-73-71-69-67-65-63-61-59-57-55-53-51-49-47-45-34-32-30-28-26-24-22-20-18-16-14-12-10-8-6-4-2/h5,7,11,13,17,19,23,25,29,31,65,67,73,75,78-79,82-83H,3-4,6,8-10,12,14-16,18,20-22,24,26-28,30,32-64,66,68-72,74,76-77H2,1-2H3,(H,81,84)/b7-5-,13-11-,19-17-,25-23-,31-29-,67-65+,75-73+. The summed E-state index contributed by atoms with van der Waals surface area (Å²) in [5, 5.41) is 23.3. The summed E-state index contributed by atoms with van der Waals surface area (Å²) in [6.07, 6.45) is 110. The number of hydrogen-bond acceptors (Lipinski definition) is 3. The minimum atomic E-state index is -0.865. The molecule has 2 atom stereocenters. The molecule has 0 aliphatic heterocycles. The minimum absolute atomic E-state index is 0.0670. The van der Waals surface area contributed by atoms with Gasteiger partial charge in [-0.3, -0.25) is 4.79 Å². The first-order valence-electron chi connectivity index (χ1n) is 37.8. The topological polar surface area (TPSA) is 69.6 Å². The largest absolute Gasteiger partial charge is 0.394 e. The van der Waals surface area contributed by atoms with Gasteiger partial charge in [-0.1, -0.05) is 401 Å². The number of allylic oxidation sites excluding steroid dienone is 13. The van der Waals surface area contributed by atoms with Crippen LogP contribution in [0.15, 0.2) is 85.1 Å². The predicted molar refractivity (Wildman–Crippen MR) is 377 cm³/mol. The number of nitrogens with one attached hydrogen (secondary N) is 1. The molecule has 0 aromatic carbocycles. The summed E-state index contributed by atoms with van der Waals surface area (Å²) in [7, 11) is 0. The van der Waals surface area contributed by atoms with E-state index in [-0.39, 0.29) is 12.5 Å². The average molecular weight is 1170 g/mol. The number of aliphatic hydroxyl groups excluding tert-OH is 2. The molecule has 4 nitrogen and oxygen atoms in total. The van der Waals surface area contributed by atoms with Crippen LogP contribution in [0, 0.1) is 0 Å². The number of hydrogen-bond donors (Lipinski definition) is 3. The fourth-order valence-electron chi connectivity index (χ4n) is 11.7. The maximum atomic E-state index is 12.6. The van der Waals surface area contributed by atoms with E-state index in [1.807, 2.05) is 6.08 Å². The van der Waals surface area contributed by atoms with Crippen molar-refractivity contribution in [2.45, 2.75) is 411 Å². The van der Waals surface area contributed by atoms with Crippen molar-refractivity contribution in [3.63, 3.8) is 0 Å². The lowest BCUT2D eigenvalue weighted by atomic mass is 10.0. The highest BCUT2D eigenvalue weighted by molar-refractivity contribution is 5.76. The molecule has 1 amide bonds. The van der Waals surface area contributed by atoms with E-state index >= 15 is 0 Å². The van der Waals surface area contributed by atoms with Gasteiger partial charge in [0.2, 0.25) is 5.91 Å². The first kappa shape index (κ1) is 81.6. The van der Waals surface area contributed by atoms with Crippen LogP contribution in [-0.2, 0) is 4.79 Å². The van der Waals surface area contributed by atoms with Gasteiger partial charge in [0, 0.05) is 6.42 Å². The SMILES string of the molecule is CC/C=C\C/C=C\C/C=C\C/C=C\C/C=C\CCCCCCCCCCCCCCCCCCCCCCCCCCCC(=O)NC(CO)C(O)/C=C/CC/C=C/CCCCCCCCCCCCCCCCCCCCCCCCCCC. The van der Waals surface area contributed by atoms with Gasteiger partial charge < -0.3 is 15.5 Å². The van der Waals surface area contributed by atoms with Crippen molar-refractivity contribution < 1.29 is 15.0 Å². The number of amides is 1. The maximum Gasteiger partial charge on any atom is 0.220 e. The lowest BCUT2D eigenvalue weighted by Crippen LogP contribution is -2.45. The van der Waals surface area contributed by atoms with Gasteiger partial charge in [-0.2, -0.15) is 0 Å². The predicted octanol–water partition coefficient (Wildman–Crippen LogP) is 26.2. The summed E-state index contributed by atoms with van der Waals surface area (Å²) in [5.74, 6) is -0.0670. The van der Waals surface area contributed by atoms with E-state index in [0.717, 1.165) is 64.2 Å². The van der Waals surface area contributed by atoms with Crippen LogP contribution in [0.2, 0.25) is 0 Å². The third-order valence-electron chi connectivity index (χ3n) is 17.4. The second kappa shape index (κ2) is 74.8. The third kappa shape index (κ3) is 70.3. The Morgan fingerprint density at radius 1 is 0.298 bits per heavy atom. The molecule has 0 rings (SSSR count). The summed E-state index contributed by atoms with van der Waals surface area (Å²) in [5.41, 5.74) is 0. The Morgan fingerprint density at radius 2 is 0.536 bits per heavy atom. The van der Waals surface area contributed by atoms with E-state index in [0.29, 0.717) is 6.42 Å². The molecule has 0 radical (unpaired) electrons. The molecule has 0 fully saturated rings. The quantitative estimate of drug-likeness (QED) is 0.0420. The lowest BCUT2D eigenvalue weighted by molar-refractivity contribution is -0.123. The van der Waals surface area contributed by atoms with Crippen molar-refractivity contribution in [2.24, 2.45) is 0 Å². The molecule has 0 aliphatic rings. The molecule has 84 heavy (non-hydrogen) atoms. The van der Waals surface area contributed by atoms with Gasteiger partial charge in [0.15, 0.2) is 0 Å². The molecule has 4 heteroatoms. The molecule has 0 saturated heterocycles. The van der Waals surface area contributed by atoms with Crippen LogP contribution in [0.5, 0.6) is 0 Å². The Labute approximate surface area is 526 Å². The summed E-state index contributed by atoms with van der Waals surface area (Å²) in [6.45, 7) is 4.22. The zero-order valence-corrected chi connectivity index (χ0v) is 56.7. The number of carbonyl (C=O) groups is 1. The molecule has 3 N–H and O–H groups in total. The van der Waals surface area contributed by atoms with Crippen LogP contribution in [0.25, 0.3) is 0 Å². The zero-order valence-electron chi connectivity index (χ0n) is 56.7. The normalized spacial score (nSPS) is 13.1. The summed E-state index contributed by atoms with van der Waals surface area (Å²) in [4.78, 5) is 12.6. The molecule has 0 bridgehead atoms. The van der Waals surface area contributed by atoms with Crippen LogP contribution >= 0.6 is 0 Å². The van der Waals surface area contributed by atoms with Crippen molar-refractivity contribution in [2.75, 3.05) is 6.61 Å². The number of aliphatic hydroxyl groups is 2. The van der Waals surface area contributed by atoms with Crippen LogP contribution in [0.4, 0.5) is 0 Å². The zero-order chi connectivity index (χ0) is 60.5. The number of carbonyl (C=O) groups excluding carboxylic acids is 1. The van der Waals surface area contributed by atoms with Gasteiger partial charge >= 0.3 is 0 Å². The Hall–Kier alpha value is -2.43. The minimum Gasteiger partial charge on any atom is -0.394 e. The molecule has 0 aliphatic carbocycles. The average Bonchev–Trinajstić information content (AvgIpc) is 3.51. The van der Waals surface area contributed by atoms with Crippen molar-refractivity contribution in [3.8, 4) is 0 Å². The van der Waals surface area contributed by atoms with Gasteiger partial charge in [-0.25, -0.2) is 0 Å². The Balaban J connectivity index is 3.44. The van der Waals surface area contributed by atoms with Gasteiger partial charge in [0.05, 0.1) is 18.8 Å². The fourth-order valence-corrected chi connectivity index (χ4v) is 11.7. The van der Waals surface area contributed by atoms with Gasteiger partial charge in [0.1, 0.15) is 0 Å². The molecular weight excluding hydrogens is 1020 g/mol. The van der Waals surface area contributed by atoms with E-state index in [2.05, 4.69) is 92.1 Å². The van der Waals surface area contributed by atoms with Crippen molar-refractivity contribution >= 4 is 5.91 Å². The first-order chi connectivity index (χ1) is 41.7. The van der Waals surface area contributed by atoms with E-state index in [1.54, 1.807) is 6.08 Å². The van der Waals surface area contributed by atoms with E-state index < -0.39 is 12.1 Å². The van der Waals surface area contributed by atoms with Crippen molar-refractivity contribution in [1.82, 2.24) is 5.32 Å². The van der Waals surface area contributed by atoms with E-state index in [9.17, 15) is 15.0 Å². The van der Waals surface area contributed by atoms with E-state index in [1.165, 1.54) is 315 Å². The molecule has 0 aromatic rings. The first-order valence-corrected chi connectivity index (χ1v) is 37.8. The van der Waals surface area contributed by atoms with Crippen LogP contribution < -0.4 is 5.32 Å². The highest BCUT2D eigenvalue weighted by Gasteiger charge is 2.18. The van der Waals surface area contributed by atoms with Crippen molar-refractivity contribution in [3.05, 3.63) is 85.1 Å². The van der Waals surface area contributed by atoms with E-state index in [4.69, 9.17) is 0 Å². The molecular formula is C80H147NO3. The number of rotatable bonds is 70. The van der Waals surface area contributed by atoms with Crippen LogP contribution in [0.1, 0.15) is 399 Å². The Bertz CT molecular complexity index is 1470. The Kier molecular flexibility index (Phi) is 72.7.